The molecule has 2 atom stereocenters. The van der Waals surface area contributed by atoms with Crippen molar-refractivity contribution in [1.29, 1.82) is 0 Å². The number of nitro benzene ring substituents is 1. The van der Waals surface area contributed by atoms with Crippen LogP contribution in [0.4, 0.5) is 10.5 Å². The van der Waals surface area contributed by atoms with E-state index in [1.807, 2.05) is 0 Å². The average Bonchev–Trinajstić information content (AvgIpc) is 3.12. The number of nitrogens with zero attached hydrogens (tertiary/aromatic N) is 4. The first-order valence-electron chi connectivity index (χ1n) is 9.17. The smallest absolute Gasteiger partial charge is 0.321 e. The maximum Gasteiger partial charge on any atom is 0.321 e. The van der Waals surface area contributed by atoms with E-state index in [9.17, 15) is 19.7 Å². The summed E-state index contributed by atoms with van der Waals surface area (Å²) in [4.78, 5) is 38.6. The largest absolute Gasteiger partial charge is 0.335 e. The van der Waals surface area contributed by atoms with Crippen LogP contribution in [0.2, 0.25) is 0 Å². The topological polar surface area (TPSA) is 132 Å². The number of benzene rings is 1. The molecular weight excluding hydrogens is 364 g/mol. The average molecular weight is 386 g/mol. The third-order valence-corrected chi connectivity index (χ3v) is 4.84. The minimum atomic E-state index is -0.517. The standard InChI is InChI=1S/C18H22N6O4/c1-12-5-2-3-8-15(12)20-18(26)21-16(25)10-23-11-19-17(22-23)13-6-4-7-14(9-13)24(27)28/h4,6-7,9,11-12,15H,2-3,5,8,10H2,1H3,(H2,20,21,25,26). The van der Waals surface area contributed by atoms with Gasteiger partial charge in [0.05, 0.1) is 4.92 Å². The van der Waals surface area contributed by atoms with Crippen LogP contribution < -0.4 is 10.6 Å². The van der Waals surface area contributed by atoms with Crippen LogP contribution in [0, 0.1) is 16.0 Å². The van der Waals surface area contributed by atoms with Crippen molar-refractivity contribution in [2.24, 2.45) is 5.92 Å². The highest BCUT2D eigenvalue weighted by Gasteiger charge is 2.23. The van der Waals surface area contributed by atoms with Gasteiger partial charge in [0.15, 0.2) is 5.82 Å². The fraction of sp³-hybridized carbons (Fsp3) is 0.444. The van der Waals surface area contributed by atoms with Crippen LogP contribution >= 0.6 is 0 Å². The summed E-state index contributed by atoms with van der Waals surface area (Å²) in [5, 5.41) is 20.2. The van der Waals surface area contributed by atoms with E-state index < -0.39 is 16.9 Å². The molecule has 3 rings (SSSR count). The Kier molecular flexibility index (Phi) is 5.97. The minimum Gasteiger partial charge on any atom is -0.335 e. The van der Waals surface area contributed by atoms with Crippen molar-refractivity contribution in [2.75, 3.05) is 0 Å². The quantitative estimate of drug-likeness (QED) is 0.598. The summed E-state index contributed by atoms with van der Waals surface area (Å²) in [6, 6.07) is 5.48. The molecule has 0 spiro atoms. The van der Waals surface area contributed by atoms with Gasteiger partial charge in [-0.2, -0.15) is 5.10 Å². The Morgan fingerprint density at radius 2 is 2.11 bits per heavy atom. The van der Waals surface area contributed by atoms with Gasteiger partial charge in [0.2, 0.25) is 5.91 Å². The lowest BCUT2D eigenvalue weighted by atomic mass is 9.86. The van der Waals surface area contributed by atoms with Crippen molar-refractivity contribution in [3.8, 4) is 11.4 Å². The van der Waals surface area contributed by atoms with E-state index >= 15 is 0 Å². The van der Waals surface area contributed by atoms with Gasteiger partial charge in [0.25, 0.3) is 5.69 Å². The van der Waals surface area contributed by atoms with Crippen LogP contribution in [0.25, 0.3) is 11.4 Å². The van der Waals surface area contributed by atoms with Gasteiger partial charge in [0.1, 0.15) is 12.9 Å². The molecule has 2 aromatic rings. The summed E-state index contributed by atoms with van der Waals surface area (Å²) in [6.45, 7) is 1.91. The zero-order valence-electron chi connectivity index (χ0n) is 15.5. The molecule has 3 amide bonds. The van der Waals surface area contributed by atoms with Crippen molar-refractivity contribution in [1.82, 2.24) is 25.4 Å². The lowest BCUT2D eigenvalue weighted by Crippen LogP contribution is -2.48. The summed E-state index contributed by atoms with van der Waals surface area (Å²) in [5.74, 6) is 0.135. The second-order valence-corrected chi connectivity index (χ2v) is 6.96. The molecule has 28 heavy (non-hydrogen) atoms. The Hall–Kier alpha value is -3.30. The first-order chi connectivity index (χ1) is 13.4. The SMILES string of the molecule is CC1CCCCC1NC(=O)NC(=O)Cn1cnc(-c2cccc([N+](=O)[O-])c2)n1. The van der Waals surface area contributed by atoms with Gasteiger partial charge in [-0.25, -0.2) is 14.5 Å². The van der Waals surface area contributed by atoms with Gasteiger partial charge in [0, 0.05) is 23.7 Å². The number of nitrogens with one attached hydrogen (secondary N) is 2. The van der Waals surface area contributed by atoms with E-state index in [2.05, 4.69) is 27.6 Å². The van der Waals surface area contributed by atoms with Gasteiger partial charge >= 0.3 is 6.03 Å². The van der Waals surface area contributed by atoms with Crippen LogP contribution in [-0.4, -0.2) is 37.7 Å². The summed E-state index contributed by atoms with van der Waals surface area (Å²) in [6.07, 6.45) is 5.56. The number of carbonyl (C=O) groups is 2. The first kappa shape index (κ1) is 19.5. The Balaban J connectivity index is 1.56. The monoisotopic (exact) mass is 386 g/mol. The van der Waals surface area contributed by atoms with Crippen LogP contribution in [0.15, 0.2) is 30.6 Å². The number of rotatable bonds is 5. The zero-order chi connectivity index (χ0) is 20.1. The van der Waals surface area contributed by atoms with Crippen molar-refractivity contribution >= 4 is 17.6 Å². The molecule has 10 heteroatoms. The van der Waals surface area contributed by atoms with Crippen LogP contribution in [0.3, 0.4) is 0 Å². The van der Waals surface area contributed by atoms with Gasteiger partial charge in [-0.15, -0.1) is 0 Å². The maximum absolute atomic E-state index is 12.1. The Labute approximate surface area is 161 Å². The molecule has 1 fully saturated rings. The summed E-state index contributed by atoms with van der Waals surface area (Å²) >= 11 is 0. The fourth-order valence-corrected chi connectivity index (χ4v) is 3.31. The van der Waals surface area contributed by atoms with E-state index in [-0.39, 0.29) is 24.1 Å². The molecule has 148 valence electrons. The molecule has 1 aromatic heterocycles. The third kappa shape index (κ3) is 4.90. The lowest BCUT2D eigenvalue weighted by Gasteiger charge is -2.29. The number of hydrogen-bond acceptors (Lipinski definition) is 6. The Morgan fingerprint density at radius 3 is 2.86 bits per heavy atom. The second-order valence-electron chi connectivity index (χ2n) is 6.96. The van der Waals surface area contributed by atoms with Gasteiger partial charge in [-0.05, 0) is 18.8 Å². The number of amides is 3. The second kappa shape index (κ2) is 8.59. The highest BCUT2D eigenvalue weighted by molar-refractivity contribution is 5.94. The van der Waals surface area contributed by atoms with Crippen molar-refractivity contribution in [3.63, 3.8) is 0 Å². The predicted octanol–water partition coefficient (Wildman–Crippen LogP) is 2.26. The van der Waals surface area contributed by atoms with Crippen molar-refractivity contribution in [2.45, 2.75) is 45.2 Å². The summed E-state index contributed by atoms with van der Waals surface area (Å²) in [7, 11) is 0. The molecule has 10 nitrogen and oxygen atoms in total. The first-order valence-corrected chi connectivity index (χ1v) is 9.17. The molecule has 1 aromatic carbocycles. The van der Waals surface area contributed by atoms with Crippen LogP contribution in [0.5, 0.6) is 0 Å². The van der Waals surface area contributed by atoms with Crippen LogP contribution in [-0.2, 0) is 11.3 Å². The minimum absolute atomic E-state index is 0.0693. The molecule has 0 radical (unpaired) electrons. The van der Waals surface area contributed by atoms with Gasteiger partial charge in [-0.3, -0.25) is 20.2 Å². The normalized spacial score (nSPS) is 19.0. The number of urea groups is 1. The fourth-order valence-electron chi connectivity index (χ4n) is 3.31. The van der Waals surface area contributed by atoms with E-state index in [1.54, 1.807) is 6.07 Å². The van der Waals surface area contributed by atoms with Crippen molar-refractivity contribution in [3.05, 3.63) is 40.7 Å². The maximum atomic E-state index is 12.1. The third-order valence-electron chi connectivity index (χ3n) is 4.84. The summed E-state index contributed by atoms with van der Waals surface area (Å²) < 4.78 is 1.28. The number of nitro groups is 1. The van der Waals surface area contributed by atoms with Gasteiger partial charge < -0.3 is 5.32 Å². The molecule has 2 unspecified atom stereocenters. The van der Waals surface area contributed by atoms with E-state index in [0.717, 1.165) is 19.3 Å². The lowest BCUT2D eigenvalue weighted by molar-refractivity contribution is -0.384. The number of non-ortho nitro benzene ring substituents is 1. The molecule has 0 bridgehead atoms. The molecule has 2 N–H and O–H groups in total. The number of aromatic nitrogens is 3. The predicted molar refractivity (Wildman–Crippen MR) is 100 cm³/mol. The van der Waals surface area contributed by atoms with Gasteiger partial charge in [-0.1, -0.05) is 31.9 Å². The highest BCUT2D eigenvalue weighted by Crippen LogP contribution is 2.23. The van der Waals surface area contributed by atoms with E-state index in [1.165, 1.54) is 35.6 Å². The van der Waals surface area contributed by atoms with E-state index in [0.29, 0.717) is 11.5 Å². The molecule has 0 saturated heterocycles. The Bertz CT molecular complexity index is 880. The van der Waals surface area contributed by atoms with Crippen LogP contribution in [0.1, 0.15) is 32.6 Å². The molecular formula is C18H22N6O4. The molecule has 1 aliphatic carbocycles. The highest BCUT2D eigenvalue weighted by atomic mass is 16.6. The summed E-state index contributed by atoms with van der Waals surface area (Å²) in [5.41, 5.74) is 0.401. The zero-order valence-corrected chi connectivity index (χ0v) is 15.5. The number of imide groups is 1. The molecule has 1 aliphatic rings. The number of hydrogen-bond donors (Lipinski definition) is 2. The van der Waals surface area contributed by atoms with E-state index in [4.69, 9.17) is 0 Å². The number of carbonyl (C=O) groups excluding carboxylic acids is 2. The molecule has 1 saturated carbocycles. The molecule has 1 heterocycles. The van der Waals surface area contributed by atoms with Crippen molar-refractivity contribution < 1.29 is 14.5 Å². The Morgan fingerprint density at radius 1 is 1.32 bits per heavy atom. The molecule has 0 aliphatic heterocycles.